The summed E-state index contributed by atoms with van der Waals surface area (Å²) in [5.41, 5.74) is 0.128. The smallest absolute Gasteiger partial charge is 0.481 e. The first kappa shape index (κ1) is 35.4. The number of nitrogens with one attached hydrogen (secondary N) is 3. The number of aromatic amines is 1. The van der Waals surface area contributed by atoms with Crippen LogP contribution in [0.25, 0.3) is 0 Å². The van der Waals surface area contributed by atoms with E-state index in [1.807, 2.05) is 19.2 Å². The van der Waals surface area contributed by atoms with E-state index in [0.29, 0.717) is 36.4 Å². The topological polar surface area (TPSA) is 202 Å². The molecule has 6 rings (SSSR count). The van der Waals surface area contributed by atoms with Gasteiger partial charge in [-0.05, 0) is 65.8 Å². The van der Waals surface area contributed by atoms with Crippen LogP contribution in [0.4, 0.5) is 4.79 Å². The second kappa shape index (κ2) is 13.3. The normalized spacial score (nSPS) is 26.0. The number of ether oxygens (including phenoxy) is 4. The lowest BCUT2D eigenvalue weighted by Crippen LogP contribution is -2.74. The molecule has 3 heterocycles. The number of esters is 1. The number of hydrogen-bond acceptors (Lipinski definition) is 12. The maximum absolute atomic E-state index is 13.9. The van der Waals surface area contributed by atoms with E-state index in [1.54, 1.807) is 33.0 Å². The summed E-state index contributed by atoms with van der Waals surface area (Å²) < 4.78 is 22.7. The van der Waals surface area contributed by atoms with E-state index in [-0.39, 0.29) is 44.2 Å². The van der Waals surface area contributed by atoms with Crippen molar-refractivity contribution >= 4 is 23.9 Å². The SMILES string of the molecule is C[C@H](OC(=O)OC(C)(C)C)C(=O)NCCC(=O)N[C@@H](Cc1c[nH]cn1)C(=O)OC1=CC[C@@]2(O)[C@H]3Cc4ccc(CO)c5c4[C@@]2(CCN3C)[C@H]1O5. The van der Waals surface area contributed by atoms with Crippen molar-refractivity contribution in [2.75, 3.05) is 20.1 Å². The summed E-state index contributed by atoms with van der Waals surface area (Å²) in [5.74, 6) is -1.15. The number of H-pyrrole nitrogens is 1. The molecule has 0 unspecified atom stereocenters. The van der Waals surface area contributed by atoms with Crippen molar-refractivity contribution in [2.24, 2.45) is 0 Å². The Bertz CT molecular complexity index is 1690. The molecule has 1 aromatic carbocycles. The van der Waals surface area contributed by atoms with Gasteiger partial charge in [0.1, 0.15) is 23.2 Å². The number of rotatable bonds is 11. The summed E-state index contributed by atoms with van der Waals surface area (Å²) in [5, 5.41) is 27.9. The number of hydrogen-bond donors (Lipinski definition) is 5. The van der Waals surface area contributed by atoms with Crippen LogP contribution in [-0.4, -0.2) is 105 Å². The van der Waals surface area contributed by atoms with Gasteiger partial charge in [-0.25, -0.2) is 14.6 Å². The number of aliphatic hydroxyl groups is 2. The van der Waals surface area contributed by atoms with E-state index < -0.39 is 58.8 Å². The number of benzene rings is 1. The van der Waals surface area contributed by atoms with E-state index in [9.17, 15) is 29.4 Å². The van der Waals surface area contributed by atoms with Crippen molar-refractivity contribution in [3.05, 3.63) is 58.9 Å². The first-order valence-corrected chi connectivity index (χ1v) is 16.9. The van der Waals surface area contributed by atoms with Crippen LogP contribution in [0.1, 0.15) is 69.3 Å². The van der Waals surface area contributed by atoms with E-state index in [0.717, 1.165) is 11.1 Å². The second-order valence-electron chi connectivity index (χ2n) is 14.5. The van der Waals surface area contributed by atoms with Crippen molar-refractivity contribution in [3.63, 3.8) is 0 Å². The quantitative estimate of drug-likeness (QED) is 0.211. The molecule has 50 heavy (non-hydrogen) atoms. The third-order valence-electron chi connectivity index (χ3n) is 10.1. The molecular weight excluding hydrogens is 650 g/mol. The van der Waals surface area contributed by atoms with Gasteiger partial charge in [0.15, 0.2) is 12.2 Å². The summed E-state index contributed by atoms with van der Waals surface area (Å²) in [4.78, 5) is 60.5. The lowest BCUT2D eigenvalue weighted by atomic mass is 9.50. The minimum Gasteiger partial charge on any atom is -0.481 e. The van der Waals surface area contributed by atoms with Crippen LogP contribution in [0, 0.1) is 0 Å². The molecule has 5 N–H and O–H groups in total. The predicted octanol–water partition coefficient (Wildman–Crippen LogP) is 1.30. The molecule has 1 spiro atoms. The lowest BCUT2D eigenvalue weighted by Gasteiger charge is -2.61. The Balaban J connectivity index is 1.15. The molecule has 1 fully saturated rings. The molecule has 2 amide bonds. The van der Waals surface area contributed by atoms with Crippen LogP contribution in [0.15, 0.2) is 36.5 Å². The highest BCUT2D eigenvalue weighted by Crippen LogP contribution is 2.64. The Hall–Kier alpha value is -4.47. The first-order chi connectivity index (χ1) is 23.7. The molecular formula is C35H45N5O10. The van der Waals surface area contributed by atoms with Crippen molar-refractivity contribution < 1.29 is 48.3 Å². The van der Waals surface area contributed by atoms with Crippen molar-refractivity contribution in [3.8, 4) is 5.75 Å². The Morgan fingerprint density at radius 1 is 1.24 bits per heavy atom. The van der Waals surface area contributed by atoms with Crippen LogP contribution in [0.5, 0.6) is 5.75 Å². The van der Waals surface area contributed by atoms with Gasteiger partial charge in [0.05, 0.1) is 29.6 Å². The Morgan fingerprint density at radius 3 is 2.72 bits per heavy atom. The average molecular weight is 696 g/mol. The number of amides is 2. The molecule has 6 atom stereocenters. The van der Waals surface area contributed by atoms with Gasteiger partial charge in [-0.2, -0.15) is 0 Å². The number of likely N-dealkylation sites (tertiary alicyclic amines) is 1. The number of imidazole rings is 1. The largest absolute Gasteiger partial charge is 0.509 e. The fraction of sp³-hybridized carbons (Fsp3) is 0.571. The molecule has 2 aromatic rings. The standard InChI is InChI=1S/C35H45N5O10/c1-19(47-32(45)50-33(2,3)4)30(43)37-12-9-26(42)39-23(15-22-16-36-18-38-22)31(44)48-24-8-10-35(46)25-14-20-6-7-21(17-41)28-27(20)34(35,29(24)49-28)11-13-40(25)5/h6-8,16,18-19,23,25,29,41,46H,9-15,17H2,1-5H3,(H,36,38)(H,37,43)(H,39,42)/t19-,23-,25+,29-,34-,35+/m0/s1. The summed E-state index contributed by atoms with van der Waals surface area (Å²) in [6.45, 7) is 6.73. The number of nitrogens with zero attached hydrogens (tertiary/aromatic N) is 2. The Kier molecular flexibility index (Phi) is 9.43. The third-order valence-corrected chi connectivity index (χ3v) is 10.1. The highest BCUT2D eigenvalue weighted by atomic mass is 16.7. The van der Waals surface area contributed by atoms with Crippen molar-refractivity contribution in [1.29, 1.82) is 0 Å². The second-order valence-corrected chi connectivity index (χ2v) is 14.5. The molecule has 2 aliphatic heterocycles. The highest BCUT2D eigenvalue weighted by molar-refractivity contribution is 5.86. The molecule has 1 aromatic heterocycles. The average Bonchev–Trinajstić information content (AvgIpc) is 3.68. The molecule has 15 nitrogen and oxygen atoms in total. The van der Waals surface area contributed by atoms with Crippen LogP contribution in [0.3, 0.4) is 0 Å². The molecule has 270 valence electrons. The fourth-order valence-electron chi connectivity index (χ4n) is 7.81. The highest BCUT2D eigenvalue weighted by Gasteiger charge is 2.72. The molecule has 15 heteroatoms. The Labute approximate surface area is 289 Å². The summed E-state index contributed by atoms with van der Waals surface area (Å²) in [6, 6.07) is 2.48. The monoisotopic (exact) mass is 695 g/mol. The molecule has 2 bridgehead atoms. The zero-order chi connectivity index (χ0) is 36.0. The molecule has 0 saturated carbocycles. The fourth-order valence-corrected chi connectivity index (χ4v) is 7.81. The third kappa shape index (κ3) is 6.33. The van der Waals surface area contributed by atoms with Gasteiger partial charge < -0.3 is 49.7 Å². The van der Waals surface area contributed by atoms with E-state index in [2.05, 4.69) is 25.5 Å². The van der Waals surface area contributed by atoms with Crippen LogP contribution >= 0.6 is 0 Å². The maximum atomic E-state index is 13.9. The number of aliphatic hydroxyl groups excluding tert-OH is 1. The molecule has 2 aliphatic carbocycles. The van der Waals surface area contributed by atoms with Crippen molar-refractivity contribution in [1.82, 2.24) is 25.5 Å². The van der Waals surface area contributed by atoms with Crippen molar-refractivity contribution in [2.45, 2.75) is 107 Å². The summed E-state index contributed by atoms with van der Waals surface area (Å²) >= 11 is 0. The zero-order valence-electron chi connectivity index (χ0n) is 28.9. The van der Waals surface area contributed by atoms with Gasteiger partial charge >= 0.3 is 12.1 Å². The Morgan fingerprint density at radius 2 is 2.02 bits per heavy atom. The van der Waals surface area contributed by atoms with Gasteiger partial charge in [0.2, 0.25) is 5.91 Å². The number of piperidine rings is 1. The number of likely N-dealkylation sites (N-methyl/N-ethyl adjacent to an activating group) is 1. The minimum atomic E-state index is -1.20. The van der Waals surface area contributed by atoms with Gasteiger partial charge in [0.25, 0.3) is 5.91 Å². The van der Waals surface area contributed by atoms with Gasteiger partial charge in [-0.1, -0.05) is 12.1 Å². The lowest BCUT2D eigenvalue weighted by molar-refractivity contribution is -0.170. The van der Waals surface area contributed by atoms with E-state index in [1.165, 1.54) is 13.3 Å². The number of aromatic nitrogens is 2. The maximum Gasteiger partial charge on any atom is 0.509 e. The minimum absolute atomic E-state index is 0.0149. The first-order valence-electron chi connectivity index (χ1n) is 16.9. The van der Waals surface area contributed by atoms with Gasteiger partial charge in [0, 0.05) is 49.2 Å². The van der Waals surface area contributed by atoms with E-state index in [4.69, 9.17) is 18.9 Å². The molecule has 1 saturated heterocycles. The van der Waals surface area contributed by atoms with Crippen LogP contribution < -0.4 is 15.4 Å². The predicted molar refractivity (Wildman–Crippen MR) is 176 cm³/mol. The summed E-state index contributed by atoms with van der Waals surface area (Å²) in [7, 11) is 2.00. The van der Waals surface area contributed by atoms with Crippen LogP contribution in [0.2, 0.25) is 0 Å². The van der Waals surface area contributed by atoms with E-state index >= 15 is 0 Å². The van der Waals surface area contributed by atoms with Gasteiger partial charge in [-0.15, -0.1) is 0 Å². The van der Waals surface area contributed by atoms with Crippen LogP contribution in [-0.2, 0) is 53.5 Å². The van der Waals surface area contributed by atoms with Gasteiger partial charge in [-0.3, -0.25) is 9.59 Å². The zero-order valence-corrected chi connectivity index (χ0v) is 28.9. The molecule has 4 aliphatic rings. The molecule has 0 radical (unpaired) electrons. The number of carbonyl (C=O) groups is 4. The summed E-state index contributed by atoms with van der Waals surface area (Å²) in [6.07, 6.45) is 3.00. The number of carbonyl (C=O) groups excluding carboxylic acids is 4.